The van der Waals surface area contributed by atoms with Gasteiger partial charge in [0.2, 0.25) is 0 Å². The highest BCUT2D eigenvalue weighted by atomic mass is 35.5. The van der Waals surface area contributed by atoms with Crippen LogP contribution in [0.15, 0.2) is 60.7 Å². The van der Waals surface area contributed by atoms with Gasteiger partial charge in [0.1, 0.15) is 28.7 Å². The van der Waals surface area contributed by atoms with Crippen molar-refractivity contribution in [2.24, 2.45) is 0 Å². The van der Waals surface area contributed by atoms with E-state index in [1.165, 1.54) is 30.7 Å². The molecule has 8 nitrogen and oxygen atoms in total. The summed E-state index contributed by atoms with van der Waals surface area (Å²) in [5, 5.41) is 0.355. The summed E-state index contributed by atoms with van der Waals surface area (Å²) in [6.45, 7) is -0.0729. The Labute approximate surface area is 204 Å². The Morgan fingerprint density at radius 3 is 1.68 bits per heavy atom. The molecule has 0 saturated carbocycles. The molecule has 3 aromatic rings. The van der Waals surface area contributed by atoms with Crippen LogP contribution in [0.2, 0.25) is 5.02 Å². The van der Waals surface area contributed by atoms with Gasteiger partial charge in [0.05, 0.1) is 28.4 Å². The van der Waals surface area contributed by atoms with Crippen LogP contribution >= 0.6 is 11.6 Å². The lowest BCUT2D eigenvalue weighted by Gasteiger charge is -2.24. The third-order valence-electron chi connectivity index (χ3n) is 5.00. The maximum atomic E-state index is 13.4. The monoisotopic (exact) mass is 507 g/mol. The third kappa shape index (κ3) is 6.25. The van der Waals surface area contributed by atoms with Gasteiger partial charge in [-0.2, -0.15) is 12.7 Å². The van der Waals surface area contributed by atoms with Crippen molar-refractivity contribution < 1.29 is 31.5 Å². The number of halogens is 1. The molecule has 3 rings (SSSR count). The Morgan fingerprint density at radius 1 is 0.706 bits per heavy atom. The van der Waals surface area contributed by atoms with E-state index in [1.807, 2.05) is 0 Å². The average molecular weight is 508 g/mol. The van der Waals surface area contributed by atoms with Crippen LogP contribution < -0.4 is 23.1 Å². The van der Waals surface area contributed by atoms with Crippen LogP contribution in [0.25, 0.3) is 0 Å². The van der Waals surface area contributed by atoms with Crippen LogP contribution in [-0.2, 0) is 23.4 Å². The van der Waals surface area contributed by atoms with Crippen molar-refractivity contribution in [3.63, 3.8) is 0 Å². The van der Waals surface area contributed by atoms with Gasteiger partial charge in [0.25, 0.3) is 0 Å². The Hall–Kier alpha value is -3.14. The van der Waals surface area contributed by atoms with Crippen molar-refractivity contribution in [2.75, 3.05) is 28.4 Å². The highest BCUT2D eigenvalue weighted by molar-refractivity contribution is 7.84. The molecule has 0 radical (unpaired) electrons. The minimum atomic E-state index is -4.27. The molecule has 0 amide bonds. The summed E-state index contributed by atoms with van der Waals surface area (Å²) < 4.78 is 54.8. The normalized spacial score (nSPS) is 11.2. The number of benzene rings is 3. The van der Waals surface area contributed by atoms with Crippen molar-refractivity contribution in [1.82, 2.24) is 4.31 Å². The Morgan fingerprint density at radius 2 is 1.24 bits per heavy atom. The van der Waals surface area contributed by atoms with E-state index in [2.05, 4.69) is 0 Å². The molecule has 3 aromatic carbocycles. The lowest BCUT2D eigenvalue weighted by atomic mass is 10.1. The summed E-state index contributed by atoms with van der Waals surface area (Å²) in [6.07, 6.45) is 0. The topological polar surface area (TPSA) is 83.5 Å². The summed E-state index contributed by atoms with van der Waals surface area (Å²) in [6, 6.07) is 16.5. The standard InChI is InChI=1S/C24H26ClNO7S/c1-29-20-10-8-17(23(13-20)31-3)15-26(16-18-9-11-21(30-2)14-24(18)32-4)34(27,28)33-22-7-5-6-19(25)12-22/h5-14H,15-16H2,1-4H3. The van der Waals surface area contributed by atoms with Gasteiger partial charge in [-0.1, -0.05) is 29.8 Å². The molecule has 0 unspecified atom stereocenters. The van der Waals surface area contributed by atoms with E-state index in [-0.39, 0.29) is 18.8 Å². The zero-order valence-electron chi connectivity index (χ0n) is 19.3. The zero-order valence-corrected chi connectivity index (χ0v) is 20.9. The van der Waals surface area contributed by atoms with Crippen molar-refractivity contribution >= 4 is 21.9 Å². The summed E-state index contributed by atoms with van der Waals surface area (Å²) in [4.78, 5) is 0. The first-order valence-electron chi connectivity index (χ1n) is 10.2. The van der Waals surface area contributed by atoms with E-state index in [1.54, 1.807) is 62.8 Å². The average Bonchev–Trinajstić information content (AvgIpc) is 2.83. The first-order valence-corrected chi connectivity index (χ1v) is 11.9. The fourth-order valence-electron chi connectivity index (χ4n) is 3.25. The maximum absolute atomic E-state index is 13.4. The van der Waals surface area contributed by atoms with Gasteiger partial charge < -0.3 is 23.1 Å². The highest BCUT2D eigenvalue weighted by Gasteiger charge is 2.27. The minimum Gasteiger partial charge on any atom is -0.497 e. The summed E-state index contributed by atoms with van der Waals surface area (Å²) in [7, 11) is 1.83. The summed E-state index contributed by atoms with van der Waals surface area (Å²) in [5.41, 5.74) is 1.24. The number of hydrogen-bond acceptors (Lipinski definition) is 7. The van der Waals surface area contributed by atoms with Gasteiger partial charge in [-0.25, -0.2) is 0 Å². The molecule has 0 bridgehead atoms. The second-order valence-corrected chi connectivity index (χ2v) is 9.10. The Bertz CT molecular complexity index is 1180. The van der Waals surface area contributed by atoms with Crippen LogP contribution in [0.4, 0.5) is 0 Å². The molecule has 0 spiro atoms. The van der Waals surface area contributed by atoms with Gasteiger partial charge >= 0.3 is 10.3 Å². The lowest BCUT2D eigenvalue weighted by molar-refractivity contribution is 0.329. The van der Waals surface area contributed by atoms with E-state index in [4.69, 9.17) is 34.7 Å². The fourth-order valence-corrected chi connectivity index (χ4v) is 4.48. The van der Waals surface area contributed by atoms with Gasteiger partial charge in [-0.15, -0.1) is 0 Å². The molecule has 0 aromatic heterocycles. The largest absolute Gasteiger partial charge is 0.497 e. The summed E-state index contributed by atoms with van der Waals surface area (Å²) >= 11 is 6.00. The molecule has 10 heteroatoms. The van der Waals surface area contributed by atoms with Gasteiger partial charge in [-0.05, 0) is 24.3 Å². The molecule has 34 heavy (non-hydrogen) atoms. The predicted molar refractivity (Wildman–Crippen MR) is 129 cm³/mol. The third-order valence-corrected chi connectivity index (χ3v) is 6.52. The van der Waals surface area contributed by atoms with Crippen molar-refractivity contribution in [2.45, 2.75) is 13.1 Å². The van der Waals surface area contributed by atoms with Gasteiger partial charge in [-0.3, -0.25) is 0 Å². The maximum Gasteiger partial charge on any atom is 0.385 e. The van der Waals surface area contributed by atoms with Crippen molar-refractivity contribution in [3.05, 3.63) is 76.8 Å². The van der Waals surface area contributed by atoms with E-state index in [0.717, 1.165) is 0 Å². The van der Waals surface area contributed by atoms with Crippen LogP contribution in [0.1, 0.15) is 11.1 Å². The lowest BCUT2D eigenvalue weighted by Crippen LogP contribution is -2.34. The second-order valence-electron chi connectivity index (χ2n) is 7.12. The van der Waals surface area contributed by atoms with E-state index in [0.29, 0.717) is 39.1 Å². The predicted octanol–water partition coefficient (Wildman–Crippen LogP) is 4.70. The van der Waals surface area contributed by atoms with Crippen molar-refractivity contribution in [1.29, 1.82) is 0 Å². The number of nitrogens with zero attached hydrogens (tertiary/aromatic N) is 1. The zero-order chi connectivity index (χ0) is 24.7. The van der Waals surface area contributed by atoms with Crippen LogP contribution in [-0.4, -0.2) is 41.2 Å². The quantitative estimate of drug-likeness (QED) is 0.372. The van der Waals surface area contributed by atoms with E-state index < -0.39 is 10.3 Å². The van der Waals surface area contributed by atoms with Crippen LogP contribution in [0.3, 0.4) is 0 Å². The Balaban J connectivity index is 2.01. The highest BCUT2D eigenvalue weighted by Crippen LogP contribution is 2.31. The SMILES string of the molecule is COc1ccc(CN(Cc2ccc(OC)cc2OC)S(=O)(=O)Oc2cccc(Cl)c2)c(OC)c1. The van der Waals surface area contributed by atoms with Gasteiger partial charge in [0, 0.05) is 47.4 Å². The second kappa shape index (κ2) is 11.3. The number of rotatable bonds is 11. The molecular weight excluding hydrogens is 482 g/mol. The Kier molecular flexibility index (Phi) is 8.49. The first kappa shape index (κ1) is 25.5. The van der Waals surface area contributed by atoms with E-state index in [9.17, 15) is 8.42 Å². The first-order chi connectivity index (χ1) is 16.3. The molecule has 0 N–H and O–H groups in total. The van der Waals surface area contributed by atoms with Crippen molar-refractivity contribution in [3.8, 4) is 28.7 Å². The molecule has 0 heterocycles. The molecule has 0 aliphatic rings. The molecule has 0 atom stereocenters. The molecule has 0 fully saturated rings. The molecule has 0 saturated heterocycles. The number of ether oxygens (including phenoxy) is 4. The van der Waals surface area contributed by atoms with Crippen LogP contribution in [0.5, 0.6) is 28.7 Å². The fraction of sp³-hybridized carbons (Fsp3) is 0.250. The number of hydrogen-bond donors (Lipinski definition) is 0. The smallest absolute Gasteiger partial charge is 0.385 e. The molecule has 0 aliphatic heterocycles. The molecule has 182 valence electrons. The van der Waals surface area contributed by atoms with E-state index >= 15 is 0 Å². The van der Waals surface area contributed by atoms with Gasteiger partial charge in [0.15, 0.2) is 0 Å². The minimum absolute atomic E-state index is 0.0365. The number of methoxy groups -OCH3 is 4. The molecular formula is C24H26ClNO7S. The molecule has 0 aliphatic carbocycles. The van der Waals surface area contributed by atoms with Crippen LogP contribution in [0, 0.1) is 0 Å². The summed E-state index contributed by atoms with van der Waals surface area (Å²) in [5.74, 6) is 2.22.